The van der Waals surface area contributed by atoms with Gasteiger partial charge in [0.05, 0.1) is 37.7 Å². The van der Waals surface area contributed by atoms with Gasteiger partial charge in [0.25, 0.3) is 11.5 Å². The van der Waals surface area contributed by atoms with Crippen LogP contribution in [0.25, 0.3) is 11.1 Å². The van der Waals surface area contributed by atoms with Crippen molar-refractivity contribution in [3.05, 3.63) is 81.8 Å². The second kappa shape index (κ2) is 12.1. The lowest BCUT2D eigenvalue weighted by Gasteiger charge is -2.46. The van der Waals surface area contributed by atoms with Gasteiger partial charge >= 0.3 is 0 Å². The van der Waals surface area contributed by atoms with Crippen molar-refractivity contribution in [3.63, 3.8) is 0 Å². The number of anilines is 4. The lowest BCUT2D eigenvalue weighted by atomic mass is 9.90. The van der Waals surface area contributed by atoms with Crippen LogP contribution in [0.3, 0.4) is 0 Å². The molecule has 0 saturated carbocycles. The van der Waals surface area contributed by atoms with E-state index < -0.39 is 0 Å². The Bertz CT molecular complexity index is 1980. The molecule has 4 aromatic heterocycles. The number of carbonyl (C=O) groups excluding carboxylic acids is 1. The summed E-state index contributed by atoms with van der Waals surface area (Å²) in [6, 6.07) is 10.5. The smallest absolute Gasteiger partial charge is 0.276 e. The quantitative estimate of drug-likeness (QED) is 0.306. The van der Waals surface area contributed by atoms with Gasteiger partial charge in [0, 0.05) is 75.0 Å². The van der Waals surface area contributed by atoms with E-state index in [1.165, 1.54) is 15.8 Å². The highest BCUT2D eigenvalue weighted by molar-refractivity contribution is 6.06. The molecule has 8 rings (SSSR count). The van der Waals surface area contributed by atoms with Gasteiger partial charge in [0.1, 0.15) is 23.0 Å². The number of hydrogen-bond acceptors (Lipinski definition) is 9. The van der Waals surface area contributed by atoms with Gasteiger partial charge < -0.3 is 29.2 Å². The van der Waals surface area contributed by atoms with Crippen LogP contribution in [0.4, 0.5) is 23.0 Å². The monoisotopic (exact) mass is 664 g/mol. The molecule has 2 fully saturated rings. The summed E-state index contributed by atoms with van der Waals surface area (Å²) in [5.74, 6) is 0.889. The zero-order chi connectivity index (χ0) is 34.0. The molecule has 3 aliphatic heterocycles. The van der Waals surface area contributed by atoms with E-state index >= 15 is 0 Å². The first-order valence-corrected chi connectivity index (χ1v) is 17.2. The van der Waals surface area contributed by atoms with Crippen molar-refractivity contribution in [2.75, 3.05) is 54.5 Å². The Hall–Kier alpha value is -4.52. The number of amides is 1. The molecule has 0 bridgehead atoms. The fourth-order valence-corrected chi connectivity index (χ4v) is 8.10. The first kappa shape index (κ1) is 31.7. The Labute approximate surface area is 285 Å². The summed E-state index contributed by atoms with van der Waals surface area (Å²) in [7, 11) is 1.70. The molecule has 49 heavy (non-hydrogen) atoms. The minimum absolute atomic E-state index is 0.112. The first-order chi connectivity index (χ1) is 23.6. The normalized spacial score (nSPS) is 20.7. The molecule has 256 valence electrons. The highest BCUT2D eigenvalue weighted by Crippen LogP contribution is 2.40. The second-order valence-corrected chi connectivity index (χ2v) is 14.8. The zero-order valence-corrected chi connectivity index (χ0v) is 28.6. The van der Waals surface area contributed by atoms with Gasteiger partial charge in [0.15, 0.2) is 0 Å². The van der Waals surface area contributed by atoms with E-state index in [1.807, 2.05) is 30.5 Å². The molecule has 0 spiro atoms. The molecule has 1 aliphatic carbocycles. The number of nitrogens with zero attached hydrogens (tertiary/aromatic N) is 7. The highest BCUT2D eigenvalue weighted by Gasteiger charge is 2.38. The lowest BCUT2D eigenvalue weighted by molar-refractivity contribution is -0.0691. The van der Waals surface area contributed by atoms with Crippen LogP contribution in [0.5, 0.6) is 0 Å². The molecule has 4 aliphatic rings. The molecule has 2 N–H and O–H groups in total. The summed E-state index contributed by atoms with van der Waals surface area (Å²) in [5.41, 5.74) is 6.55. The van der Waals surface area contributed by atoms with E-state index in [2.05, 4.69) is 50.4 Å². The first-order valence-electron chi connectivity index (χ1n) is 17.2. The third-order valence-corrected chi connectivity index (χ3v) is 10.7. The summed E-state index contributed by atoms with van der Waals surface area (Å²) in [6.45, 7) is 12.1. The maximum Gasteiger partial charge on any atom is 0.276 e. The molecule has 0 radical (unpaired) electrons. The zero-order valence-electron chi connectivity index (χ0n) is 28.6. The van der Waals surface area contributed by atoms with Crippen molar-refractivity contribution in [1.29, 1.82) is 0 Å². The van der Waals surface area contributed by atoms with Crippen molar-refractivity contribution in [3.8, 4) is 11.1 Å². The molecule has 1 unspecified atom stereocenters. The van der Waals surface area contributed by atoms with Crippen molar-refractivity contribution in [2.45, 2.75) is 58.8 Å². The number of aliphatic hydroxyl groups is 1. The number of carbonyl (C=O) groups is 1. The molecule has 1 atom stereocenters. The topological polar surface area (TPSA) is 121 Å². The van der Waals surface area contributed by atoms with Crippen molar-refractivity contribution in [2.24, 2.45) is 12.5 Å². The number of rotatable bonds is 7. The van der Waals surface area contributed by atoms with Crippen LogP contribution in [0.1, 0.15) is 48.1 Å². The third kappa shape index (κ3) is 5.61. The lowest BCUT2D eigenvalue weighted by Crippen LogP contribution is -2.59. The molecule has 7 heterocycles. The van der Waals surface area contributed by atoms with Crippen molar-refractivity contribution >= 4 is 28.9 Å². The van der Waals surface area contributed by atoms with E-state index in [0.29, 0.717) is 64.9 Å². The number of aromatic nitrogens is 4. The number of aryl methyl sites for hydroxylation is 1. The third-order valence-electron chi connectivity index (χ3n) is 10.7. The van der Waals surface area contributed by atoms with Crippen molar-refractivity contribution < 1.29 is 14.6 Å². The number of ether oxygens (including phenoxy) is 1. The number of nitrogens with one attached hydrogen (secondary N) is 1. The molecule has 0 aromatic carbocycles. The van der Waals surface area contributed by atoms with Crippen LogP contribution < -0.4 is 20.7 Å². The van der Waals surface area contributed by atoms with Gasteiger partial charge in [-0.15, -0.1) is 0 Å². The molecular formula is C37H44N8O4. The Morgan fingerprint density at radius 1 is 1.04 bits per heavy atom. The predicted molar refractivity (Wildman–Crippen MR) is 189 cm³/mol. The summed E-state index contributed by atoms with van der Waals surface area (Å²) >= 11 is 0. The van der Waals surface area contributed by atoms with Crippen LogP contribution in [-0.2, 0) is 37.8 Å². The van der Waals surface area contributed by atoms with E-state index in [4.69, 9.17) is 4.74 Å². The summed E-state index contributed by atoms with van der Waals surface area (Å²) in [6.07, 6.45) is 7.18. The van der Waals surface area contributed by atoms with Crippen LogP contribution in [-0.4, -0.2) is 86.5 Å². The second-order valence-electron chi connectivity index (χ2n) is 14.8. The van der Waals surface area contributed by atoms with E-state index in [0.717, 1.165) is 51.4 Å². The standard InChI is InChI=1S/C37H44N8O4/c1-23-18-42(27-21-49-22-27)9-10-43(23)26-5-6-33(39-17-26)40-30-13-25(19-41(4)35(30)47)28-7-8-38-34(29(28)20-46)45-12-11-44-31(36(45)48)14-24-15-37(2,3)16-32(24)44/h5-8,13-14,17,19,23,27,46H,9-12,15-16,18,20-22H2,1-4H3,(H,39,40). The van der Waals surface area contributed by atoms with E-state index in [9.17, 15) is 14.7 Å². The van der Waals surface area contributed by atoms with E-state index in [1.54, 1.807) is 30.4 Å². The molecule has 1 amide bonds. The number of aliphatic hydroxyl groups excluding tert-OH is 1. The van der Waals surface area contributed by atoms with Gasteiger partial charge in [-0.05, 0) is 66.6 Å². The molecule has 4 aromatic rings. The Kier molecular flexibility index (Phi) is 7.84. The van der Waals surface area contributed by atoms with Gasteiger partial charge in [0.2, 0.25) is 0 Å². The number of piperazine rings is 1. The predicted octanol–water partition coefficient (Wildman–Crippen LogP) is 3.57. The van der Waals surface area contributed by atoms with Gasteiger partial charge in [-0.25, -0.2) is 9.97 Å². The fraction of sp³-hybridized carbons (Fsp3) is 0.459. The average Bonchev–Trinajstić information content (AvgIpc) is 3.55. The molecule has 2 saturated heterocycles. The molecule has 12 nitrogen and oxygen atoms in total. The summed E-state index contributed by atoms with van der Waals surface area (Å²) in [5, 5.41) is 13.9. The van der Waals surface area contributed by atoms with Crippen molar-refractivity contribution in [1.82, 2.24) is 24.0 Å². The molecule has 12 heteroatoms. The summed E-state index contributed by atoms with van der Waals surface area (Å²) in [4.78, 5) is 43.0. The Morgan fingerprint density at radius 3 is 2.59 bits per heavy atom. The maximum atomic E-state index is 13.9. The van der Waals surface area contributed by atoms with Crippen LogP contribution in [0.2, 0.25) is 0 Å². The average molecular weight is 665 g/mol. The van der Waals surface area contributed by atoms with Crippen LogP contribution >= 0.6 is 0 Å². The SMILES string of the molecule is CC1CN(C2COC2)CCN1c1ccc(Nc2cc(-c3ccnc(N4CCn5c(cc6c5CC(C)(C)C6)C4=O)c3CO)cn(C)c2=O)nc1. The fourth-order valence-electron chi connectivity index (χ4n) is 8.10. The number of fused-ring (bicyclic) bond motifs is 3. The summed E-state index contributed by atoms with van der Waals surface area (Å²) < 4.78 is 9.08. The molecular weight excluding hydrogens is 620 g/mol. The Balaban J connectivity index is 1.04. The maximum absolute atomic E-state index is 13.9. The highest BCUT2D eigenvalue weighted by atomic mass is 16.5. The van der Waals surface area contributed by atoms with Gasteiger partial charge in [-0.1, -0.05) is 13.8 Å². The van der Waals surface area contributed by atoms with E-state index in [-0.39, 0.29) is 23.5 Å². The van der Waals surface area contributed by atoms with Crippen LogP contribution in [0, 0.1) is 5.41 Å². The van der Waals surface area contributed by atoms with Crippen LogP contribution in [0.15, 0.2) is 53.7 Å². The Morgan fingerprint density at radius 2 is 1.88 bits per heavy atom. The largest absolute Gasteiger partial charge is 0.392 e. The number of hydrogen-bond donors (Lipinski definition) is 2. The minimum atomic E-state index is -0.316. The van der Waals surface area contributed by atoms with Gasteiger partial charge in [-0.2, -0.15) is 0 Å². The number of pyridine rings is 3. The minimum Gasteiger partial charge on any atom is -0.392 e. The van der Waals surface area contributed by atoms with Gasteiger partial charge in [-0.3, -0.25) is 19.4 Å².